The van der Waals surface area contributed by atoms with Crippen molar-refractivity contribution in [3.63, 3.8) is 0 Å². The average molecular weight is 246 g/mol. The maximum absolute atomic E-state index is 12.0. The molecule has 0 atom stereocenters. The molecule has 1 N–H and O–H groups in total. The molecule has 0 aliphatic heterocycles. The van der Waals surface area contributed by atoms with Gasteiger partial charge < -0.3 is 9.72 Å². The van der Waals surface area contributed by atoms with E-state index >= 15 is 0 Å². The van der Waals surface area contributed by atoms with Crippen molar-refractivity contribution in [3.05, 3.63) is 62.9 Å². The van der Waals surface area contributed by atoms with E-state index in [4.69, 9.17) is 4.74 Å². The first-order valence-electron chi connectivity index (χ1n) is 5.13. The van der Waals surface area contributed by atoms with Crippen LogP contribution in [0.3, 0.4) is 0 Å². The van der Waals surface area contributed by atoms with E-state index in [1.54, 1.807) is 12.1 Å². The summed E-state index contributed by atoms with van der Waals surface area (Å²) in [5.41, 5.74) is -1.20. The summed E-state index contributed by atoms with van der Waals surface area (Å²) in [5.74, 6) is -0.0922. The van der Waals surface area contributed by atoms with Crippen LogP contribution in [0.1, 0.15) is 10.4 Å². The zero-order valence-corrected chi connectivity index (χ0v) is 9.54. The number of aromatic amines is 1. The monoisotopic (exact) mass is 246 g/mol. The lowest BCUT2D eigenvalue weighted by Crippen LogP contribution is -2.39. The van der Waals surface area contributed by atoms with Gasteiger partial charge in [0.05, 0.1) is 7.11 Å². The number of carbonyl (C=O) groups excluding carboxylic acids is 1. The number of methoxy groups -OCH3 is 1. The third-order valence-electron chi connectivity index (χ3n) is 2.40. The van der Waals surface area contributed by atoms with Gasteiger partial charge in [0.25, 0.3) is 11.5 Å². The molecule has 0 saturated heterocycles. The van der Waals surface area contributed by atoms with Crippen LogP contribution >= 0.6 is 0 Å². The molecule has 92 valence electrons. The Hall–Kier alpha value is -2.63. The molecule has 0 fully saturated rings. The summed E-state index contributed by atoms with van der Waals surface area (Å²) < 4.78 is 5.50. The summed E-state index contributed by atoms with van der Waals surface area (Å²) in [6.07, 6.45) is 1.20. The highest BCUT2D eigenvalue weighted by atomic mass is 16.5. The highest BCUT2D eigenvalue weighted by Gasteiger charge is 2.12. The number of nitrogens with zero attached hydrogens (tertiary/aromatic N) is 1. The van der Waals surface area contributed by atoms with Crippen molar-refractivity contribution in [1.29, 1.82) is 0 Å². The molecule has 0 spiro atoms. The second-order valence-electron chi connectivity index (χ2n) is 3.49. The minimum atomic E-state index is -0.761. The van der Waals surface area contributed by atoms with Gasteiger partial charge in [0.2, 0.25) is 0 Å². The van der Waals surface area contributed by atoms with Crippen LogP contribution in [0, 0.1) is 0 Å². The molecule has 1 aromatic carbocycles. The van der Waals surface area contributed by atoms with Crippen LogP contribution in [0.15, 0.2) is 46.1 Å². The van der Waals surface area contributed by atoms with Crippen molar-refractivity contribution < 1.29 is 9.53 Å². The van der Waals surface area contributed by atoms with Gasteiger partial charge in [-0.25, -0.2) is 4.79 Å². The molecular weight excluding hydrogens is 236 g/mol. The summed E-state index contributed by atoms with van der Waals surface area (Å²) in [6, 6.07) is 7.24. The topological polar surface area (TPSA) is 81.2 Å². The summed E-state index contributed by atoms with van der Waals surface area (Å²) in [6.45, 7) is 0. The maximum Gasteiger partial charge on any atom is 0.335 e. The molecule has 0 saturated carbocycles. The Morgan fingerprint density at radius 2 is 1.83 bits per heavy atom. The SMILES string of the molecule is COc1ccc(C(=O)n2c(=O)cc[nH]c2=O)cc1. The molecule has 0 aliphatic carbocycles. The number of nitrogens with one attached hydrogen (secondary N) is 1. The Balaban J connectivity index is 2.48. The van der Waals surface area contributed by atoms with Gasteiger partial charge in [0.1, 0.15) is 5.75 Å². The Morgan fingerprint density at radius 3 is 2.39 bits per heavy atom. The van der Waals surface area contributed by atoms with Crippen LogP contribution in [0.2, 0.25) is 0 Å². The third-order valence-corrected chi connectivity index (χ3v) is 2.40. The molecule has 0 bridgehead atoms. The summed E-state index contributed by atoms with van der Waals surface area (Å²) in [7, 11) is 1.50. The molecule has 0 amide bonds. The number of ether oxygens (including phenoxy) is 1. The molecule has 1 aromatic heterocycles. The van der Waals surface area contributed by atoms with Crippen molar-refractivity contribution in [3.8, 4) is 5.75 Å². The summed E-state index contributed by atoms with van der Waals surface area (Å²) in [5, 5.41) is 0. The number of H-pyrrole nitrogens is 1. The van der Waals surface area contributed by atoms with E-state index in [0.29, 0.717) is 10.3 Å². The van der Waals surface area contributed by atoms with Gasteiger partial charge in [-0.1, -0.05) is 0 Å². The standard InChI is InChI=1S/C12H10N2O4/c1-18-9-4-2-8(3-5-9)11(16)14-10(15)6-7-13-12(14)17/h2-7H,1H3,(H,13,17). The quantitative estimate of drug-likeness (QED) is 0.822. The predicted molar refractivity (Wildman–Crippen MR) is 64.0 cm³/mol. The Kier molecular flexibility index (Phi) is 3.09. The number of benzene rings is 1. The Labute approximate surface area is 101 Å². The lowest BCUT2D eigenvalue weighted by atomic mass is 10.2. The second-order valence-corrected chi connectivity index (χ2v) is 3.49. The van der Waals surface area contributed by atoms with E-state index in [9.17, 15) is 14.4 Å². The molecule has 6 heteroatoms. The smallest absolute Gasteiger partial charge is 0.335 e. The number of aromatic nitrogens is 2. The summed E-state index contributed by atoms with van der Waals surface area (Å²) >= 11 is 0. The molecule has 2 rings (SSSR count). The van der Waals surface area contributed by atoms with Crippen LogP contribution in [-0.2, 0) is 0 Å². The van der Waals surface area contributed by atoms with E-state index in [1.807, 2.05) is 0 Å². The van der Waals surface area contributed by atoms with Gasteiger partial charge >= 0.3 is 5.69 Å². The molecule has 18 heavy (non-hydrogen) atoms. The highest BCUT2D eigenvalue weighted by Crippen LogP contribution is 2.11. The van der Waals surface area contributed by atoms with Gasteiger partial charge in [-0.3, -0.25) is 9.59 Å². The van der Waals surface area contributed by atoms with Crippen LogP contribution < -0.4 is 16.0 Å². The number of hydrogen-bond donors (Lipinski definition) is 1. The van der Waals surface area contributed by atoms with E-state index in [1.165, 1.54) is 25.4 Å². The van der Waals surface area contributed by atoms with Gasteiger partial charge in [-0.2, -0.15) is 4.57 Å². The number of carbonyl (C=O) groups is 1. The normalized spacial score (nSPS) is 10.1. The third kappa shape index (κ3) is 2.08. The van der Waals surface area contributed by atoms with Gasteiger partial charge in [-0.15, -0.1) is 0 Å². The fourth-order valence-corrected chi connectivity index (χ4v) is 1.48. The van der Waals surface area contributed by atoms with Gasteiger partial charge in [0.15, 0.2) is 0 Å². The fraction of sp³-hybridized carbons (Fsp3) is 0.0833. The van der Waals surface area contributed by atoms with E-state index in [0.717, 1.165) is 6.07 Å². The Bertz CT molecular complexity index is 654. The lowest BCUT2D eigenvalue weighted by Gasteiger charge is -2.03. The largest absolute Gasteiger partial charge is 0.497 e. The van der Waals surface area contributed by atoms with Crippen LogP contribution in [-0.4, -0.2) is 22.6 Å². The van der Waals surface area contributed by atoms with Crippen LogP contribution in [0.25, 0.3) is 0 Å². The van der Waals surface area contributed by atoms with Crippen molar-refractivity contribution in [2.75, 3.05) is 7.11 Å². The van der Waals surface area contributed by atoms with Crippen LogP contribution in [0.5, 0.6) is 5.75 Å². The molecule has 6 nitrogen and oxygen atoms in total. The van der Waals surface area contributed by atoms with Gasteiger partial charge in [-0.05, 0) is 24.3 Å². The van der Waals surface area contributed by atoms with Crippen molar-refractivity contribution in [2.24, 2.45) is 0 Å². The van der Waals surface area contributed by atoms with Crippen LogP contribution in [0.4, 0.5) is 0 Å². The minimum Gasteiger partial charge on any atom is -0.497 e. The minimum absolute atomic E-state index is 0.231. The first-order valence-corrected chi connectivity index (χ1v) is 5.13. The summed E-state index contributed by atoms with van der Waals surface area (Å²) in [4.78, 5) is 37.2. The Morgan fingerprint density at radius 1 is 1.17 bits per heavy atom. The van der Waals surface area contributed by atoms with Crippen molar-refractivity contribution in [2.45, 2.75) is 0 Å². The number of hydrogen-bond acceptors (Lipinski definition) is 4. The fourth-order valence-electron chi connectivity index (χ4n) is 1.48. The van der Waals surface area contributed by atoms with E-state index < -0.39 is 17.2 Å². The van der Waals surface area contributed by atoms with Gasteiger partial charge in [0, 0.05) is 17.8 Å². The first-order chi connectivity index (χ1) is 8.63. The molecule has 0 unspecified atom stereocenters. The first kappa shape index (κ1) is 11.8. The molecule has 1 heterocycles. The average Bonchev–Trinajstić information content (AvgIpc) is 2.38. The molecule has 0 radical (unpaired) electrons. The lowest BCUT2D eigenvalue weighted by molar-refractivity contribution is 0.0950. The maximum atomic E-state index is 12.0. The zero-order chi connectivity index (χ0) is 13.1. The molecule has 2 aromatic rings. The van der Waals surface area contributed by atoms with Crippen molar-refractivity contribution >= 4 is 5.91 Å². The molecular formula is C12H10N2O4. The highest BCUT2D eigenvalue weighted by molar-refractivity contribution is 5.95. The molecule has 0 aliphatic rings. The van der Waals surface area contributed by atoms with E-state index in [-0.39, 0.29) is 5.56 Å². The number of rotatable bonds is 2. The van der Waals surface area contributed by atoms with E-state index in [2.05, 4.69) is 4.98 Å². The zero-order valence-electron chi connectivity index (χ0n) is 9.54. The second kappa shape index (κ2) is 4.70. The van der Waals surface area contributed by atoms with Crippen molar-refractivity contribution in [1.82, 2.24) is 9.55 Å². The predicted octanol–water partition coefficient (Wildman–Crippen LogP) is 0.234.